The second kappa shape index (κ2) is 2.50. The summed E-state index contributed by atoms with van der Waals surface area (Å²) >= 11 is 5.85. The zero-order chi connectivity index (χ0) is 8.55. The predicted molar refractivity (Wildman–Crippen MR) is 46.8 cm³/mol. The third kappa shape index (κ3) is 0.936. The van der Waals surface area contributed by atoms with Crippen LogP contribution < -0.4 is 0 Å². The number of pyridine rings is 1. The lowest BCUT2D eigenvalue weighted by molar-refractivity contribution is 1.26. The Labute approximate surface area is 73.8 Å². The molecule has 2 aromatic heterocycles. The average Bonchev–Trinajstić information content (AvgIpc) is 2.49. The number of nitrogens with zero attached hydrogens (tertiary/aromatic N) is 2. The van der Waals surface area contributed by atoms with Crippen LogP contribution in [0.25, 0.3) is 11.2 Å². The number of nitrogens with one attached hydrogen (secondary N) is 1. The number of halogens is 1. The predicted octanol–water partition coefficient (Wildman–Crippen LogP) is 1.59. The van der Waals surface area contributed by atoms with Crippen molar-refractivity contribution in [1.82, 2.24) is 15.0 Å². The van der Waals surface area contributed by atoms with Crippen LogP contribution in [0.15, 0.2) is 12.3 Å². The van der Waals surface area contributed by atoms with Crippen LogP contribution in [0.1, 0.15) is 5.82 Å². The highest BCUT2D eigenvalue weighted by molar-refractivity contribution is 6.34. The molecule has 0 bridgehead atoms. The van der Waals surface area contributed by atoms with Gasteiger partial charge in [-0.25, -0.2) is 9.97 Å². The van der Waals surface area contributed by atoms with E-state index in [2.05, 4.69) is 20.9 Å². The number of hydrogen-bond acceptors (Lipinski definition) is 2. The molecule has 0 aliphatic carbocycles. The maximum atomic E-state index is 5.85. The van der Waals surface area contributed by atoms with Crippen molar-refractivity contribution in [2.45, 2.75) is 0 Å². The molecule has 3 nitrogen and oxygen atoms in total. The number of imidazole rings is 1. The van der Waals surface area contributed by atoms with Crippen LogP contribution in [0.3, 0.4) is 0 Å². The van der Waals surface area contributed by atoms with Gasteiger partial charge < -0.3 is 4.98 Å². The average molecular weight is 178 g/mol. The van der Waals surface area contributed by atoms with Gasteiger partial charge in [0.2, 0.25) is 0 Å². The molecule has 0 atom stereocenters. The maximum absolute atomic E-state index is 5.85. The molecule has 0 spiro atoms. The first-order valence-corrected chi connectivity index (χ1v) is 3.66. The minimum absolute atomic E-state index is 0.450. The van der Waals surface area contributed by atoms with E-state index in [1.807, 2.05) is 0 Å². The van der Waals surface area contributed by atoms with Crippen molar-refractivity contribution >= 4 is 22.8 Å². The van der Waals surface area contributed by atoms with Crippen LogP contribution in [-0.4, -0.2) is 15.0 Å². The number of rotatable bonds is 0. The van der Waals surface area contributed by atoms with E-state index in [0.717, 1.165) is 0 Å². The summed E-state index contributed by atoms with van der Waals surface area (Å²) in [5, 5.41) is 0.578. The summed E-state index contributed by atoms with van der Waals surface area (Å²) < 4.78 is 0. The van der Waals surface area contributed by atoms with E-state index < -0.39 is 0 Å². The van der Waals surface area contributed by atoms with E-state index in [1.165, 1.54) is 0 Å². The highest BCUT2D eigenvalue weighted by atomic mass is 35.5. The van der Waals surface area contributed by atoms with Crippen LogP contribution in [-0.2, 0) is 0 Å². The molecule has 0 radical (unpaired) electrons. The van der Waals surface area contributed by atoms with Gasteiger partial charge in [-0.1, -0.05) is 11.6 Å². The van der Waals surface area contributed by atoms with Crippen LogP contribution in [0, 0.1) is 12.3 Å². The highest BCUT2D eigenvalue weighted by Gasteiger charge is 2.03. The third-order valence-electron chi connectivity index (χ3n) is 1.48. The molecule has 2 heterocycles. The smallest absolute Gasteiger partial charge is 0.185 e. The lowest BCUT2D eigenvalue weighted by Crippen LogP contribution is -1.75. The van der Waals surface area contributed by atoms with Crippen molar-refractivity contribution in [3.05, 3.63) is 23.1 Å². The van der Waals surface area contributed by atoms with Crippen LogP contribution in [0.5, 0.6) is 0 Å². The number of H-pyrrole nitrogens is 1. The van der Waals surface area contributed by atoms with Crippen LogP contribution in [0.2, 0.25) is 5.02 Å². The minimum atomic E-state index is 0.450. The lowest BCUT2D eigenvalue weighted by atomic mass is 10.4. The molecule has 0 unspecified atom stereocenters. The maximum Gasteiger partial charge on any atom is 0.185 e. The van der Waals surface area contributed by atoms with Crippen molar-refractivity contribution in [3.63, 3.8) is 0 Å². The summed E-state index contributed by atoms with van der Waals surface area (Å²) in [4.78, 5) is 10.9. The van der Waals surface area contributed by atoms with E-state index in [9.17, 15) is 0 Å². The summed E-state index contributed by atoms with van der Waals surface area (Å²) in [6, 6.07) is 1.68. The van der Waals surface area contributed by atoms with Gasteiger partial charge in [-0.05, 0) is 12.0 Å². The zero-order valence-corrected chi connectivity index (χ0v) is 6.76. The van der Waals surface area contributed by atoms with Gasteiger partial charge in [0.1, 0.15) is 5.52 Å². The summed E-state index contributed by atoms with van der Waals surface area (Å²) in [7, 11) is 0. The number of fused-ring (bicyclic) bond motifs is 1. The van der Waals surface area contributed by atoms with Crippen molar-refractivity contribution in [1.29, 1.82) is 0 Å². The fourth-order valence-corrected chi connectivity index (χ4v) is 1.14. The van der Waals surface area contributed by atoms with Gasteiger partial charge in [-0.3, -0.25) is 0 Å². The molecule has 2 aromatic rings. The Balaban J connectivity index is 2.85. The normalized spacial score (nSPS) is 10.0. The Kier molecular flexibility index (Phi) is 1.49. The largest absolute Gasteiger partial charge is 0.329 e. The van der Waals surface area contributed by atoms with Gasteiger partial charge in [-0.2, -0.15) is 0 Å². The first-order valence-electron chi connectivity index (χ1n) is 3.28. The standard InChI is InChI=1S/C8H4ClN3/c1-2-6-11-7-5(9)3-4-10-8(7)12-6/h1,3-4H,(H,10,11,12). The van der Waals surface area contributed by atoms with E-state index >= 15 is 0 Å². The Hall–Kier alpha value is -1.53. The molecule has 58 valence electrons. The summed E-state index contributed by atoms with van der Waals surface area (Å²) in [5.74, 6) is 2.83. The van der Waals surface area contributed by atoms with Crippen molar-refractivity contribution < 1.29 is 0 Å². The van der Waals surface area contributed by atoms with E-state index in [-0.39, 0.29) is 0 Å². The number of terminal acetylenes is 1. The van der Waals surface area contributed by atoms with E-state index in [4.69, 9.17) is 18.0 Å². The Morgan fingerprint density at radius 2 is 2.42 bits per heavy atom. The molecule has 4 heteroatoms. The zero-order valence-electron chi connectivity index (χ0n) is 6.00. The van der Waals surface area contributed by atoms with E-state index in [0.29, 0.717) is 22.0 Å². The van der Waals surface area contributed by atoms with Crippen molar-refractivity contribution in [2.24, 2.45) is 0 Å². The topological polar surface area (TPSA) is 41.6 Å². The van der Waals surface area contributed by atoms with Gasteiger partial charge in [0, 0.05) is 6.20 Å². The SMILES string of the molecule is C#Cc1nc2nccc(Cl)c2[nH]1. The van der Waals surface area contributed by atoms with Gasteiger partial charge in [0.05, 0.1) is 5.02 Å². The van der Waals surface area contributed by atoms with Crippen molar-refractivity contribution in [3.8, 4) is 12.3 Å². The summed E-state index contributed by atoms with van der Waals surface area (Å²) in [6.07, 6.45) is 6.74. The van der Waals surface area contributed by atoms with E-state index in [1.54, 1.807) is 12.3 Å². The van der Waals surface area contributed by atoms with Crippen molar-refractivity contribution in [2.75, 3.05) is 0 Å². The lowest BCUT2D eigenvalue weighted by Gasteiger charge is -1.87. The molecular formula is C8H4ClN3. The molecule has 1 N–H and O–H groups in total. The molecule has 12 heavy (non-hydrogen) atoms. The third-order valence-corrected chi connectivity index (χ3v) is 1.79. The summed E-state index contributed by atoms with van der Waals surface area (Å²) in [5.41, 5.74) is 1.24. The highest BCUT2D eigenvalue weighted by Crippen LogP contribution is 2.18. The van der Waals surface area contributed by atoms with Gasteiger partial charge in [-0.15, -0.1) is 6.42 Å². The fraction of sp³-hybridized carbons (Fsp3) is 0. The molecule has 0 saturated carbocycles. The molecule has 0 aromatic carbocycles. The monoisotopic (exact) mass is 177 g/mol. The van der Waals surface area contributed by atoms with Crippen LogP contribution in [0.4, 0.5) is 0 Å². The van der Waals surface area contributed by atoms with Gasteiger partial charge in [0.15, 0.2) is 11.5 Å². The molecule has 2 rings (SSSR count). The first-order chi connectivity index (χ1) is 5.81. The Morgan fingerprint density at radius 3 is 3.08 bits per heavy atom. The quantitative estimate of drug-likeness (QED) is 0.621. The number of hydrogen-bond donors (Lipinski definition) is 1. The minimum Gasteiger partial charge on any atom is -0.329 e. The fourth-order valence-electron chi connectivity index (χ4n) is 0.949. The molecule has 0 aliphatic heterocycles. The molecule has 0 amide bonds. The van der Waals surface area contributed by atoms with Crippen LogP contribution >= 0.6 is 11.6 Å². The second-order valence-corrected chi connectivity index (χ2v) is 2.63. The molecule has 0 fully saturated rings. The molecular weight excluding hydrogens is 174 g/mol. The Bertz CT molecular complexity index is 467. The number of aromatic amines is 1. The summed E-state index contributed by atoms with van der Waals surface area (Å²) in [6.45, 7) is 0. The van der Waals surface area contributed by atoms with Gasteiger partial charge >= 0.3 is 0 Å². The first kappa shape index (κ1) is 7.14. The number of aromatic nitrogens is 3. The van der Waals surface area contributed by atoms with Gasteiger partial charge in [0.25, 0.3) is 0 Å². The molecule has 0 saturated heterocycles. The second-order valence-electron chi connectivity index (χ2n) is 2.22. The Morgan fingerprint density at radius 1 is 1.58 bits per heavy atom. The molecule has 0 aliphatic rings.